The minimum atomic E-state index is -0.271. The van der Waals surface area contributed by atoms with Crippen LogP contribution in [0.4, 0.5) is 0 Å². The summed E-state index contributed by atoms with van der Waals surface area (Å²) < 4.78 is 0. The van der Waals surface area contributed by atoms with Gasteiger partial charge in [0.15, 0.2) is 0 Å². The smallest absolute Gasteiger partial charge is 0.107 e. The van der Waals surface area contributed by atoms with Crippen LogP contribution in [-0.4, -0.2) is 10.9 Å². The zero-order valence-electron chi connectivity index (χ0n) is 13.2. The van der Waals surface area contributed by atoms with E-state index in [2.05, 4.69) is 25.8 Å². The van der Waals surface area contributed by atoms with Crippen molar-refractivity contribution < 1.29 is 15.2 Å². The molecule has 0 aromatic heterocycles. The molecule has 0 aliphatic rings. The summed E-state index contributed by atoms with van der Waals surface area (Å²) in [5.74, 6) is 0. The van der Waals surface area contributed by atoms with Gasteiger partial charge < -0.3 is 0 Å². The Morgan fingerprint density at radius 3 is 1.63 bits per heavy atom. The number of hydrogen-bond acceptors (Lipinski definition) is 3. The van der Waals surface area contributed by atoms with Crippen LogP contribution in [0.5, 0.6) is 0 Å². The zero-order valence-corrected chi connectivity index (χ0v) is 13.2. The lowest BCUT2D eigenvalue weighted by atomic mass is 9.86. The highest BCUT2D eigenvalue weighted by atomic mass is 17.5. The van der Waals surface area contributed by atoms with Crippen LogP contribution in [-0.2, 0) is 9.93 Å². The molecule has 0 spiro atoms. The van der Waals surface area contributed by atoms with Crippen molar-refractivity contribution in [3.63, 3.8) is 0 Å². The standard InChI is InChI=1S/C16H34O3/c1-4-7-10-11-12-15-16(18-19-17,13-8-5-2)14-9-6-3/h17H,4-15H2,1-3H3. The van der Waals surface area contributed by atoms with E-state index in [4.69, 9.17) is 10.1 Å². The molecule has 0 aromatic carbocycles. The molecule has 0 bridgehead atoms. The first-order valence-electron chi connectivity index (χ1n) is 8.24. The molecule has 3 heteroatoms. The fourth-order valence-corrected chi connectivity index (χ4v) is 2.63. The van der Waals surface area contributed by atoms with E-state index >= 15 is 0 Å². The van der Waals surface area contributed by atoms with Gasteiger partial charge in [0.1, 0.15) is 5.60 Å². The summed E-state index contributed by atoms with van der Waals surface area (Å²) in [6, 6.07) is 0. The fourth-order valence-electron chi connectivity index (χ4n) is 2.63. The topological polar surface area (TPSA) is 38.7 Å². The Balaban J connectivity index is 4.23. The van der Waals surface area contributed by atoms with Crippen molar-refractivity contribution in [3.05, 3.63) is 0 Å². The summed E-state index contributed by atoms with van der Waals surface area (Å²) in [4.78, 5) is 5.30. The fraction of sp³-hybridized carbons (Fsp3) is 1.00. The molecule has 0 aliphatic carbocycles. The maximum absolute atomic E-state index is 8.72. The van der Waals surface area contributed by atoms with E-state index in [-0.39, 0.29) is 5.60 Å². The second-order valence-corrected chi connectivity index (χ2v) is 5.71. The minimum Gasteiger partial charge on any atom is -0.221 e. The highest BCUT2D eigenvalue weighted by molar-refractivity contribution is 4.79. The van der Waals surface area contributed by atoms with Crippen molar-refractivity contribution in [2.45, 2.75) is 103 Å². The van der Waals surface area contributed by atoms with Crippen LogP contribution in [0, 0.1) is 0 Å². The Kier molecular flexibility index (Phi) is 12.8. The molecule has 0 atom stereocenters. The molecule has 0 amide bonds. The van der Waals surface area contributed by atoms with Gasteiger partial charge in [-0.05, 0) is 19.3 Å². The van der Waals surface area contributed by atoms with E-state index in [1.807, 2.05) is 0 Å². The van der Waals surface area contributed by atoms with Crippen LogP contribution in [0.15, 0.2) is 0 Å². The predicted octanol–water partition coefficient (Wildman–Crippen LogP) is 5.89. The first kappa shape index (κ1) is 18.9. The summed E-state index contributed by atoms with van der Waals surface area (Å²) >= 11 is 0. The lowest BCUT2D eigenvalue weighted by Gasteiger charge is -2.31. The van der Waals surface area contributed by atoms with E-state index in [1.54, 1.807) is 0 Å². The highest BCUT2D eigenvalue weighted by Gasteiger charge is 2.31. The minimum absolute atomic E-state index is 0.271. The first-order chi connectivity index (χ1) is 9.24. The Bertz CT molecular complexity index is 175. The van der Waals surface area contributed by atoms with E-state index in [0.717, 1.165) is 51.4 Å². The van der Waals surface area contributed by atoms with Crippen LogP contribution < -0.4 is 0 Å². The Hall–Kier alpha value is -0.120. The van der Waals surface area contributed by atoms with Crippen molar-refractivity contribution in [1.29, 1.82) is 0 Å². The third kappa shape index (κ3) is 9.42. The number of rotatable bonds is 14. The van der Waals surface area contributed by atoms with Crippen molar-refractivity contribution in [3.8, 4) is 0 Å². The van der Waals surface area contributed by atoms with Crippen molar-refractivity contribution >= 4 is 0 Å². The number of unbranched alkanes of at least 4 members (excludes halogenated alkanes) is 6. The van der Waals surface area contributed by atoms with Gasteiger partial charge in [0.25, 0.3) is 0 Å². The van der Waals surface area contributed by atoms with Crippen molar-refractivity contribution in [1.82, 2.24) is 0 Å². The summed E-state index contributed by atoms with van der Waals surface area (Å²) in [6.45, 7) is 6.60. The van der Waals surface area contributed by atoms with Crippen LogP contribution >= 0.6 is 0 Å². The maximum atomic E-state index is 8.72. The van der Waals surface area contributed by atoms with Gasteiger partial charge in [0.2, 0.25) is 0 Å². The average Bonchev–Trinajstić information content (AvgIpc) is 2.43. The molecule has 19 heavy (non-hydrogen) atoms. The summed E-state index contributed by atoms with van der Waals surface area (Å²) in [5, 5.41) is 12.8. The van der Waals surface area contributed by atoms with Gasteiger partial charge in [0.05, 0.1) is 0 Å². The molecule has 0 unspecified atom stereocenters. The first-order valence-corrected chi connectivity index (χ1v) is 8.24. The average molecular weight is 274 g/mol. The molecule has 0 fully saturated rings. The normalized spacial score (nSPS) is 12.0. The molecule has 116 valence electrons. The van der Waals surface area contributed by atoms with Crippen molar-refractivity contribution in [2.75, 3.05) is 0 Å². The van der Waals surface area contributed by atoms with E-state index in [9.17, 15) is 0 Å². The van der Waals surface area contributed by atoms with Gasteiger partial charge in [-0.15, -0.1) is 0 Å². The third-order valence-corrected chi connectivity index (χ3v) is 3.92. The van der Waals surface area contributed by atoms with Gasteiger partial charge >= 0.3 is 0 Å². The van der Waals surface area contributed by atoms with Crippen LogP contribution in [0.3, 0.4) is 0 Å². The molecule has 0 heterocycles. The monoisotopic (exact) mass is 274 g/mol. The van der Waals surface area contributed by atoms with Gasteiger partial charge in [0, 0.05) is 0 Å². The van der Waals surface area contributed by atoms with E-state index in [0.29, 0.717) is 0 Å². The lowest BCUT2D eigenvalue weighted by molar-refractivity contribution is -0.528. The Labute approximate surface area is 119 Å². The molecule has 0 radical (unpaired) electrons. The molecular formula is C16H34O3. The SMILES string of the molecule is CCCCCCCC(CCCC)(CCCC)OOO. The third-order valence-electron chi connectivity index (χ3n) is 3.92. The second-order valence-electron chi connectivity index (χ2n) is 5.71. The number of hydrogen-bond donors (Lipinski definition) is 1. The molecule has 0 rings (SSSR count). The molecule has 1 N–H and O–H groups in total. The lowest BCUT2D eigenvalue weighted by Crippen LogP contribution is -2.32. The molecule has 0 aromatic rings. The largest absolute Gasteiger partial charge is 0.221 e. The molecule has 0 saturated carbocycles. The van der Waals surface area contributed by atoms with E-state index < -0.39 is 0 Å². The molecule has 3 nitrogen and oxygen atoms in total. The van der Waals surface area contributed by atoms with Crippen LogP contribution in [0.1, 0.15) is 97.8 Å². The summed E-state index contributed by atoms with van der Waals surface area (Å²) in [7, 11) is 0. The van der Waals surface area contributed by atoms with E-state index in [1.165, 1.54) is 25.7 Å². The molecule has 0 aliphatic heterocycles. The summed E-state index contributed by atoms with van der Waals surface area (Å²) in [5.41, 5.74) is -0.271. The second kappa shape index (κ2) is 12.9. The predicted molar refractivity (Wildman–Crippen MR) is 80.0 cm³/mol. The maximum Gasteiger partial charge on any atom is 0.107 e. The Morgan fingerprint density at radius 1 is 0.684 bits per heavy atom. The highest BCUT2D eigenvalue weighted by Crippen LogP contribution is 2.32. The van der Waals surface area contributed by atoms with Crippen molar-refractivity contribution in [2.24, 2.45) is 0 Å². The Morgan fingerprint density at radius 2 is 1.16 bits per heavy atom. The van der Waals surface area contributed by atoms with Gasteiger partial charge in [-0.2, -0.15) is 4.89 Å². The summed E-state index contributed by atoms with van der Waals surface area (Å²) in [6.07, 6.45) is 13.8. The quantitative estimate of drug-likeness (QED) is 0.244. The zero-order chi connectivity index (χ0) is 14.4. The van der Waals surface area contributed by atoms with Gasteiger partial charge in [-0.3, -0.25) is 0 Å². The molecule has 0 saturated heterocycles. The van der Waals surface area contributed by atoms with Crippen LogP contribution in [0.2, 0.25) is 0 Å². The molecular weight excluding hydrogens is 240 g/mol. The van der Waals surface area contributed by atoms with Gasteiger partial charge in [-0.25, -0.2) is 5.26 Å². The van der Waals surface area contributed by atoms with Crippen LogP contribution in [0.25, 0.3) is 0 Å². The van der Waals surface area contributed by atoms with Gasteiger partial charge in [-0.1, -0.05) is 83.6 Å².